The number of rotatable bonds is 3. The van der Waals surface area contributed by atoms with E-state index in [1.54, 1.807) is 0 Å². The molecule has 4 rings (SSSR count). The molecule has 0 spiro atoms. The van der Waals surface area contributed by atoms with Crippen LogP contribution in [0.25, 0.3) is 16.5 Å². The van der Waals surface area contributed by atoms with Gasteiger partial charge in [0.1, 0.15) is 5.69 Å². The molecule has 0 bridgehead atoms. The Morgan fingerprint density at radius 2 is 1.74 bits per heavy atom. The van der Waals surface area contributed by atoms with E-state index in [0.29, 0.717) is 16.9 Å². The van der Waals surface area contributed by atoms with E-state index in [9.17, 15) is 35.9 Å². The summed E-state index contributed by atoms with van der Waals surface area (Å²) in [7, 11) is 0. The molecule has 0 unspecified atom stereocenters. The molecule has 0 atom stereocenters. The van der Waals surface area contributed by atoms with Crippen LogP contribution in [0, 0.1) is 0 Å². The van der Waals surface area contributed by atoms with E-state index in [0.717, 1.165) is 12.3 Å². The Bertz CT molecular complexity index is 1420. The largest absolute Gasteiger partial charge is 0.434 e. The van der Waals surface area contributed by atoms with Gasteiger partial charge in [0, 0.05) is 28.9 Å². The molecule has 0 aliphatic carbocycles. The number of anilines is 1. The number of aromatic amines is 1. The lowest BCUT2D eigenvalue weighted by Crippen LogP contribution is -2.21. The van der Waals surface area contributed by atoms with Crippen LogP contribution in [0.4, 0.5) is 32.0 Å². The van der Waals surface area contributed by atoms with Crippen LogP contribution in [0.2, 0.25) is 0 Å². The Balaban J connectivity index is 0.00000324. The highest BCUT2D eigenvalue weighted by Crippen LogP contribution is 2.35. The van der Waals surface area contributed by atoms with E-state index in [1.807, 2.05) is 5.32 Å². The smallest absolute Gasteiger partial charge is 0.412 e. The van der Waals surface area contributed by atoms with Gasteiger partial charge in [-0.05, 0) is 30.3 Å². The summed E-state index contributed by atoms with van der Waals surface area (Å²) in [6.45, 7) is 0. The summed E-state index contributed by atoms with van der Waals surface area (Å²) in [5, 5.41) is 5.93. The molecule has 4 aromatic rings. The average molecular weight is 485 g/mol. The molecule has 14 heteroatoms. The Morgan fingerprint density at radius 3 is 2.41 bits per heavy atom. The number of amides is 1. The van der Waals surface area contributed by atoms with Gasteiger partial charge in [-0.1, -0.05) is 6.07 Å². The number of H-pyrrole nitrogens is 1. The van der Waals surface area contributed by atoms with E-state index >= 15 is 0 Å². The van der Waals surface area contributed by atoms with Crippen molar-refractivity contribution in [2.45, 2.75) is 12.4 Å². The third-order valence-corrected chi connectivity index (χ3v) is 4.61. The topological polar surface area (TPSA) is 124 Å². The lowest BCUT2D eigenvalue weighted by atomic mass is 10.1. The van der Waals surface area contributed by atoms with Gasteiger partial charge in [-0.15, -0.1) is 0 Å². The van der Waals surface area contributed by atoms with Crippen molar-refractivity contribution in [3.8, 4) is 5.69 Å². The highest BCUT2D eigenvalue weighted by Gasteiger charge is 2.41. The molecule has 0 saturated carbocycles. The van der Waals surface area contributed by atoms with Gasteiger partial charge in [-0.3, -0.25) is 14.6 Å². The zero-order valence-corrected chi connectivity index (χ0v) is 16.6. The third-order valence-electron chi connectivity index (χ3n) is 4.61. The second kappa shape index (κ2) is 8.62. The molecular formula is C20H13F6N5O3. The van der Waals surface area contributed by atoms with Gasteiger partial charge < -0.3 is 15.8 Å². The normalized spacial score (nSPS) is 11.8. The van der Waals surface area contributed by atoms with E-state index in [-0.39, 0.29) is 21.9 Å². The maximum absolute atomic E-state index is 14.0. The first-order valence-electron chi connectivity index (χ1n) is 9.07. The van der Waals surface area contributed by atoms with Crippen molar-refractivity contribution < 1.29 is 36.6 Å². The monoisotopic (exact) mass is 485 g/mol. The molecule has 0 fully saturated rings. The number of nitrogens with one attached hydrogen (secondary N) is 2. The predicted molar refractivity (Wildman–Crippen MR) is 107 cm³/mol. The number of carbonyl (C=O) groups excluding carboxylic acids is 1. The summed E-state index contributed by atoms with van der Waals surface area (Å²) in [6, 6.07) is 6.91. The molecule has 0 aliphatic heterocycles. The Hall–Kier alpha value is -4.20. The zero-order chi connectivity index (χ0) is 24.0. The predicted octanol–water partition coefficient (Wildman–Crippen LogP) is 3.57. The van der Waals surface area contributed by atoms with Gasteiger partial charge in [-0.25, -0.2) is 4.68 Å². The lowest BCUT2D eigenvalue weighted by Gasteiger charge is -2.14. The number of hydrogen-bond donors (Lipinski definition) is 2. The van der Waals surface area contributed by atoms with Crippen molar-refractivity contribution in [2.24, 2.45) is 0 Å². The average Bonchev–Trinajstić information content (AvgIpc) is 3.19. The Kier molecular flexibility index (Phi) is 6.20. The summed E-state index contributed by atoms with van der Waals surface area (Å²) < 4.78 is 80.8. The van der Waals surface area contributed by atoms with Crippen molar-refractivity contribution in [1.29, 1.82) is 0 Å². The number of fused-ring (bicyclic) bond motifs is 1. The minimum Gasteiger partial charge on any atom is -0.412 e. The van der Waals surface area contributed by atoms with Crippen LogP contribution >= 0.6 is 0 Å². The first-order chi connectivity index (χ1) is 15.5. The van der Waals surface area contributed by atoms with Crippen molar-refractivity contribution in [1.82, 2.24) is 19.7 Å². The van der Waals surface area contributed by atoms with Gasteiger partial charge in [0.05, 0.1) is 17.4 Å². The summed E-state index contributed by atoms with van der Waals surface area (Å²) in [6.07, 6.45) is -7.21. The fourth-order valence-electron chi connectivity index (χ4n) is 3.22. The molecule has 1 aromatic carbocycles. The molecule has 3 aromatic heterocycles. The number of halogens is 6. The molecule has 4 N–H and O–H groups in total. The minimum atomic E-state index is -5.07. The summed E-state index contributed by atoms with van der Waals surface area (Å²) in [4.78, 5) is 30.1. The van der Waals surface area contributed by atoms with Crippen molar-refractivity contribution >= 4 is 22.4 Å². The number of aromatic nitrogens is 4. The summed E-state index contributed by atoms with van der Waals surface area (Å²) >= 11 is 0. The molecule has 0 saturated heterocycles. The number of hydrogen-bond acceptors (Lipinski definition) is 4. The minimum absolute atomic E-state index is 0. The maximum atomic E-state index is 14.0. The van der Waals surface area contributed by atoms with E-state index < -0.39 is 46.5 Å². The second-order valence-electron chi connectivity index (χ2n) is 6.74. The standard InChI is InChI=1S/C20H11F6N5O2.H2O/c21-19(22,23)15-8-10(4-6-27-15)30-18(33)13-9-29-31(16(13)20(24,25)26)14-3-1-2-12-11(14)5-7-28-17(12)32;/h1-9H,(H,28,32)(H,27,30,33);1H2. The van der Waals surface area contributed by atoms with Gasteiger partial charge in [-0.2, -0.15) is 31.4 Å². The molecule has 178 valence electrons. The molecule has 1 amide bonds. The maximum Gasteiger partial charge on any atom is 0.434 e. The van der Waals surface area contributed by atoms with Crippen LogP contribution in [0.15, 0.2) is 59.8 Å². The summed E-state index contributed by atoms with van der Waals surface area (Å²) in [5.74, 6) is -1.33. The van der Waals surface area contributed by atoms with Crippen LogP contribution in [-0.4, -0.2) is 31.1 Å². The summed E-state index contributed by atoms with van der Waals surface area (Å²) in [5.41, 5.74) is -4.76. The van der Waals surface area contributed by atoms with E-state index in [1.165, 1.54) is 30.5 Å². The van der Waals surface area contributed by atoms with Crippen LogP contribution in [0.1, 0.15) is 21.7 Å². The van der Waals surface area contributed by atoms with Crippen LogP contribution in [0.5, 0.6) is 0 Å². The number of benzene rings is 1. The highest BCUT2D eigenvalue weighted by atomic mass is 19.4. The van der Waals surface area contributed by atoms with Crippen molar-refractivity contribution in [2.75, 3.05) is 5.32 Å². The Labute approximate surface area is 185 Å². The number of alkyl halides is 6. The molecule has 8 nitrogen and oxygen atoms in total. The van der Waals surface area contributed by atoms with Crippen LogP contribution in [-0.2, 0) is 12.4 Å². The van der Waals surface area contributed by atoms with Gasteiger partial charge in [0.2, 0.25) is 0 Å². The van der Waals surface area contributed by atoms with Crippen molar-refractivity contribution in [3.63, 3.8) is 0 Å². The fraction of sp³-hybridized carbons (Fsp3) is 0.100. The van der Waals surface area contributed by atoms with Gasteiger partial charge >= 0.3 is 12.4 Å². The first kappa shape index (κ1) is 24.4. The molecule has 0 radical (unpaired) electrons. The van der Waals surface area contributed by atoms with E-state index in [2.05, 4.69) is 15.1 Å². The number of pyridine rings is 2. The first-order valence-corrected chi connectivity index (χ1v) is 9.07. The molecule has 3 heterocycles. The number of nitrogens with zero attached hydrogens (tertiary/aromatic N) is 3. The second-order valence-corrected chi connectivity index (χ2v) is 6.74. The molecular weight excluding hydrogens is 472 g/mol. The van der Waals surface area contributed by atoms with Gasteiger partial charge in [0.25, 0.3) is 11.5 Å². The lowest BCUT2D eigenvalue weighted by molar-refractivity contribution is -0.143. The SMILES string of the molecule is O.O=C(Nc1ccnc(C(F)(F)F)c1)c1cnn(-c2cccc3c(=O)[nH]ccc23)c1C(F)(F)F. The molecule has 0 aliphatic rings. The van der Waals surface area contributed by atoms with Crippen LogP contribution < -0.4 is 10.9 Å². The molecule has 34 heavy (non-hydrogen) atoms. The highest BCUT2D eigenvalue weighted by molar-refractivity contribution is 6.05. The fourth-order valence-corrected chi connectivity index (χ4v) is 3.22. The van der Waals surface area contributed by atoms with Gasteiger partial charge in [0.15, 0.2) is 5.69 Å². The number of carbonyl (C=O) groups is 1. The van der Waals surface area contributed by atoms with Crippen LogP contribution in [0.3, 0.4) is 0 Å². The zero-order valence-electron chi connectivity index (χ0n) is 16.6. The van der Waals surface area contributed by atoms with E-state index in [4.69, 9.17) is 0 Å². The third kappa shape index (κ3) is 4.47. The Morgan fingerprint density at radius 1 is 1.00 bits per heavy atom. The van der Waals surface area contributed by atoms with Crippen molar-refractivity contribution in [3.05, 3.63) is 82.3 Å². The quantitative estimate of drug-likeness (QED) is 0.431.